The average molecular weight is 323 g/mol. The zero-order valence-electron chi connectivity index (χ0n) is 13.9. The molecule has 21 heavy (non-hydrogen) atoms. The minimum atomic E-state index is -1.79. The first-order chi connectivity index (χ1) is 9.64. The Morgan fingerprint density at radius 2 is 1.43 bits per heavy atom. The van der Waals surface area contributed by atoms with E-state index in [0.29, 0.717) is 38.6 Å². The highest BCUT2D eigenvalue weighted by molar-refractivity contribution is 6.90. The minimum Gasteiger partial charge on any atom is -0.398 e. The molecule has 0 bridgehead atoms. The van der Waals surface area contributed by atoms with E-state index in [0.717, 1.165) is 0 Å². The fraction of sp³-hybridized carbons (Fsp3) is 0.529. The monoisotopic (exact) mass is 322 g/mol. The van der Waals surface area contributed by atoms with Gasteiger partial charge in [0.05, 0.1) is 16.3 Å². The zero-order chi connectivity index (χ0) is 16.4. The van der Waals surface area contributed by atoms with Crippen LogP contribution in [0.15, 0.2) is 12.1 Å². The molecule has 2 nitrogen and oxygen atoms in total. The SMILES string of the molecule is CC(C)[Si](C#Cc1c(N)ccc(Cl)c1N)(C(C)C)C(C)C. The van der Waals surface area contributed by atoms with Gasteiger partial charge in [0.1, 0.15) is 8.07 Å². The third kappa shape index (κ3) is 3.39. The molecule has 0 amide bonds. The van der Waals surface area contributed by atoms with Crippen LogP contribution in [0.1, 0.15) is 47.1 Å². The molecule has 0 saturated carbocycles. The largest absolute Gasteiger partial charge is 0.398 e. The highest BCUT2D eigenvalue weighted by Gasteiger charge is 2.41. The van der Waals surface area contributed by atoms with E-state index < -0.39 is 8.07 Å². The Hall–Kier alpha value is -1.11. The van der Waals surface area contributed by atoms with Crippen molar-refractivity contribution in [3.05, 3.63) is 22.7 Å². The molecule has 0 heterocycles. The van der Waals surface area contributed by atoms with Crippen molar-refractivity contribution < 1.29 is 0 Å². The number of benzene rings is 1. The maximum absolute atomic E-state index is 6.09. The summed E-state index contributed by atoms with van der Waals surface area (Å²) in [6, 6.07) is 3.49. The Bertz CT molecular complexity index is 546. The summed E-state index contributed by atoms with van der Waals surface area (Å²) < 4.78 is 0. The van der Waals surface area contributed by atoms with Crippen LogP contribution in [0.25, 0.3) is 0 Å². The van der Waals surface area contributed by atoms with Gasteiger partial charge >= 0.3 is 0 Å². The molecule has 0 unspecified atom stereocenters. The van der Waals surface area contributed by atoms with Crippen molar-refractivity contribution in [3.8, 4) is 11.5 Å². The van der Waals surface area contributed by atoms with Crippen LogP contribution < -0.4 is 11.5 Å². The van der Waals surface area contributed by atoms with Gasteiger partial charge in [-0.3, -0.25) is 0 Å². The lowest BCUT2D eigenvalue weighted by atomic mass is 10.1. The highest BCUT2D eigenvalue weighted by atomic mass is 35.5. The second-order valence-corrected chi connectivity index (χ2v) is 12.6. The zero-order valence-corrected chi connectivity index (χ0v) is 15.7. The molecule has 1 rings (SSSR count). The van der Waals surface area contributed by atoms with E-state index in [1.165, 1.54) is 0 Å². The van der Waals surface area contributed by atoms with E-state index in [4.69, 9.17) is 23.1 Å². The maximum Gasteiger partial charge on any atom is 0.146 e. The summed E-state index contributed by atoms with van der Waals surface area (Å²) in [4.78, 5) is 0. The van der Waals surface area contributed by atoms with Gasteiger partial charge in [0.25, 0.3) is 0 Å². The van der Waals surface area contributed by atoms with Gasteiger partial charge < -0.3 is 11.5 Å². The summed E-state index contributed by atoms with van der Waals surface area (Å²) in [5, 5.41) is 0.513. The second-order valence-electron chi connectivity index (χ2n) is 6.57. The number of rotatable bonds is 3. The third-order valence-electron chi connectivity index (χ3n) is 4.49. The second kappa shape index (κ2) is 6.77. The number of anilines is 2. The van der Waals surface area contributed by atoms with Crippen molar-refractivity contribution in [3.63, 3.8) is 0 Å². The van der Waals surface area contributed by atoms with Crippen LogP contribution >= 0.6 is 11.6 Å². The van der Waals surface area contributed by atoms with E-state index in [-0.39, 0.29) is 0 Å². The van der Waals surface area contributed by atoms with Gasteiger partial charge in [-0.15, -0.1) is 5.54 Å². The van der Waals surface area contributed by atoms with Crippen molar-refractivity contribution >= 4 is 31.0 Å². The molecule has 0 spiro atoms. The predicted octanol–water partition coefficient (Wildman–Crippen LogP) is 5.07. The van der Waals surface area contributed by atoms with Gasteiger partial charge in [-0.2, -0.15) is 0 Å². The summed E-state index contributed by atoms with van der Waals surface area (Å²) in [6.07, 6.45) is 0. The summed E-state index contributed by atoms with van der Waals surface area (Å²) in [7, 11) is -1.79. The molecule has 0 aliphatic heterocycles. The van der Waals surface area contributed by atoms with Gasteiger partial charge in [0, 0.05) is 5.69 Å². The van der Waals surface area contributed by atoms with Crippen LogP contribution in [-0.4, -0.2) is 8.07 Å². The van der Waals surface area contributed by atoms with Crippen molar-refractivity contribution in [2.45, 2.75) is 58.2 Å². The lowest BCUT2D eigenvalue weighted by Gasteiger charge is -2.38. The Kier molecular flexibility index (Phi) is 5.78. The minimum absolute atomic E-state index is 0.489. The molecule has 0 saturated heterocycles. The van der Waals surface area contributed by atoms with Crippen LogP contribution in [0.4, 0.5) is 11.4 Å². The number of nitrogens with two attached hydrogens (primary N) is 2. The molecule has 0 aromatic heterocycles. The lowest BCUT2D eigenvalue weighted by molar-refractivity contribution is 0.838. The molecular formula is C17H27ClN2Si. The fourth-order valence-corrected chi connectivity index (χ4v) is 8.72. The summed E-state index contributed by atoms with van der Waals surface area (Å²) in [5.74, 6) is 3.28. The van der Waals surface area contributed by atoms with Crippen molar-refractivity contribution in [2.75, 3.05) is 11.5 Å². The molecular weight excluding hydrogens is 296 g/mol. The van der Waals surface area contributed by atoms with E-state index >= 15 is 0 Å². The number of hydrogen-bond acceptors (Lipinski definition) is 2. The number of hydrogen-bond donors (Lipinski definition) is 2. The summed E-state index contributed by atoms with van der Waals surface area (Å²) in [5.41, 5.74) is 19.2. The third-order valence-corrected chi connectivity index (χ3v) is 11.1. The van der Waals surface area contributed by atoms with E-state index in [9.17, 15) is 0 Å². The highest BCUT2D eigenvalue weighted by Crippen LogP contribution is 2.41. The predicted molar refractivity (Wildman–Crippen MR) is 98.2 cm³/mol. The normalized spacial score (nSPS) is 11.9. The molecule has 1 aromatic carbocycles. The van der Waals surface area contributed by atoms with Gasteiger partial charge in [0.2, 0.25) is 0 Å². The topological polar surface area (TPSA) is 52.0 Å². The summed E-state index contributed by atoms with van der Waals surface area (Å²) >= 11 is 6.09. The summed E-state index contributed by atoms with van der Waals surface area (Å²) in [6.45, 7) is 13.7. The molecule has 1 aromatic rings. The quantitative estimate of drug-likeness (QED) is 0.463. The first-order valence-corrected chi connectivity index (χ1v) is 10.1. The molecule has 0 aliphatic carbocycles. The van der Waals surface area contributed by atoms with Crippen LogP contribution in [0.5, 0.6) is 0 Å². The molecule has 0 fully saturated rings. The van der Waals surface area contributed by atoms with Gasteiger partial charge in [0.15, 0.2) is 0 Å². The van der Waals surface area contributed by atoms with E-state index in [1.54, 1.807) is 12.1 Å². The van der Waals surface area contributed by atoms with Crippen LogP contribution in [0, 0.1) is 11.5 Å². The van der Waals surface area contributed by atoms with Gasteiger partial charge in [-0.05, 0) is 28.8 Å². The Labute approximate surface area is 135 Å². The number of nitrogen functional groups attached to an aromatic ring is 2. The first-order valence-electron chi connectivity index (χ1n) is 7.51. The lowest BCUT2D eigenvalue weighted by Crippen LogP contribution is -2.43. The van der Waals surface area contributed by atoms with Crippen molar-refractivity contribution in [1.29, 1.82) is 0 Å². The van der Waals surface area contributed by atoms with Crippen LogP contribution in [0.3, 0.4) is 0 Å². The average Bonchev–Trinajstić information content (AvgIpc) is 2.37. The molecule has 0 atom stereocenters. The van der Waals surface area contributed by atoms with Crippen LogP contribution in [-0.2, 0) is 0 Å². The Morgan fingerprint density at radius 3 is 1.86 bits per heavy atom. The number of halogens is 1. The standard InChI is InChI=1S/C17H27ClN2Si/c1-11(2)21(12(3)4,13(5)6)10-9-14-16(19)8-7-15(18)17(14)20/h7-8,11-13H,19-20H2,1-6H3. The molecule has 116 valence electrons. The maximum atomic E-state index is 6.09. The molecule has 0 radical (unpaired) electrons. The smallest absolute Gasteiger partial charge is 0.146 e. The Balaban J connectivity index is 3.46. The van der Waals surface area contributed by atoms with Crippen molar-refractivity contribution in [2.24, 2.45) is 0 Å². The fourth-order valence-electron chi connectivity index (χ4n) is 3.35. The molecule has 0 aliphatic rings. The molecule has 4 heteroatoms. The Morgan fingerprint density at radius 1 is 0.952 bits per heavy atom. The van der Waals surface area contributed by atoms with E-state index in [2.05, 4.69) is 53.0 Å². The van der Waals surface area contributed by atoms with Crippen molar-refractivity contribution in [1.82, 2.24) is 0 Å². The van der Waals surface area contributed by atoms with Crippen LogP contribution in [0.2, 0.25) is 21.6 Å². The first kappa shape index (κ1) is 17.9. The van der Waals surface area contributed by atoms with E-state index in [1.807, 2.05) is 0 Å². The molecule has 4 N–H and O–H groups in total. The van der Waals surface area contributed by atoms with Gasteiger partial charge in [-0.25, -0.2) is 0 Å². The van der Waals surface area contributed by atoms with Gasteiger partial charge in [-0.1, -0.05) is 59.1 Å².